The summed E-state index contributed by atoms with van der Waals surface area (Å²) in [6, 6.07) is 66.6. The second-order valence-corrected chi connectivity index (χ2v) is 14.9. The maximum Gasteiger partial charge on any atom is 0.238 e. The van der Waals surface area contributed by atoms with Gasteiger partial charge in [-0.05, 0) is 55.0 Å². The molecule has 0 atom stereocenters. The van der Waals surface area contributed by atoms with E-state index in [1.165, 1.54) is 49.3 Å². The van der Waals surface area contributed by atoms with E-state index in [1.54, 1.807) is 0 Å². The van der Waals surface area contributed by atoms with Gasteiger partial charge < -0.3 is 9.13 Å². The number of hydrogen-bond donors (Lipinski definition) is 0. The summed E-state index contributed by atoms with van der Waals surface area (Å²) in [5.74, 6) is 1.84. The number of rotatable bonds is 5. The van der Waals surface area contributed by atoms with Crippen molar-refractivity contribution in [1.29, 1.82) is 0 Å². The number of para-hydroxylation sites is 4. The number of nitrogens with zero attached hydrogens (tertiary/aromatic N) is 6. The Morgan fingerprint density at radius 3 is 1.41 bits per heavy atom. The first kappa shape index (κ1) is 32.4. The third kappa shape index (κ3) is 4.75. The van der Waals surface area contributed by atoms with Gasteiger partial charge in [0.05, 0.1) is 33.1 Å². The van der Waals surface area contributed by atoms with Gasteiger partial charge in [-0.15, -0.1) is 0 Å². The van der Waals surface area contributed by atoms with Crippen molar-refractivity contribution >= 4 is 65.4 Å². The first-order valence-corrected chi connectivity index (χ1v) is 19.6. The fourth-order valence-corrected chi connectivity index (χ4v) is 9.05. The van der Waals surface area contributed by atoms with Crippen molar-refractivity contribution in [2.45, 2.75) is 6.92 Å². The summed E-state index contributed by atoms with van der Waals surface area (Å²) in [6.07, 6.45) is 0. The highest BCUT2D eigenvalue weighted by molar-refractivity contribution is 6.24. The van der Waals surface area contributed by atoms with Crippen molar-refractivity contribution in [3.8, 4) is 40.1 Å². The minimum atomic E-state index is 0.577. The molecule has 0 saturated carbocycles. The molecule has 0 unspecified atom stereocenters. The molecule has 0 aliphatic rings. The summed E-state index contributed by atoms with van der Waals surface area (Å²) in [4.78, 5) is 15.3. The second kappa shape index (κ2) is 12.6. The zero-order valence-electron chi connectivity index (χ0n) is 31.6. The van der Waals surface area contributed by atoms with Crippen LogP contribution in [-0.4, -0.2) is 28.7 Å². The van der Waals surface area contributed by atoms with Crippen LogP contribution in [0.5, 0.6) is 0 Å². The Kier molecular flexibility index (Phi) is 7.04. The molecule has 0 bridgehead atoms. The van der Waals surface area contributed by atoms with E-state index in [0.717, 1.165) is 44.1 Å². The highest BCUT2D eigenvalue weighted by Gasteiger charge is 2.23. The second-order valence-electron chi connectivity index (χ2n) is 14.9. The molecule has 0 amide bonds. The fourth-order valence-electron chi connectivity index (χ4n) is 9.05. The van der Waals surface area contributed by atoms with Crippen LogP contribution in [0.25, 0.3) is 106 Å². The average Bonchev–Trinajstić information content (AvgIpc) is 3.93. The van der Waals surface area contributed by atoms with Crippen molar-refractivity contribution in [2.75, 3.05) is 0 Å². The molecule has 8 aromatic carbocycles. The molecule has 0 spiro atoms. The predicted molar refractivity (Wildman–Crippen MR) is 238 cm³/mol. The summed E-state index contributed by atoms with van der Waals surface area (Å²) in [6.45, 7) is 2.20. The first-order valence-electron chi connectivity index (χ1n) is 19.6. The molecule has 4 heterocycles. The van der Waals surface area contributed by atoms with E-state index in [4.69, 9.17) is 15.0 Å². The van der Waals surface area contributed by atoms with Gasteiger partial charge in [-0.2, -0.15) is 9.97 Å². The lowest BCUT2D eigenvalue weighted by Crippen LogP contribution is -2.06. The average molecular weight is 743 g/mol. The SMILES string of the molecule is Cc1ccccc1-n1c2ccccc2c2ccc3c4ccccc4n(-c4ccc5c(c4)c4ccccc4n5-c4nc(-c5ccccc5)nc(-c5ccccc5)n4)c3c21. The third-order valence-electron chi connectivity index (χ3n) is 11.6. The number of hydrogen-bond acceptors (Lipinski definition) is 3. The van der Waals surface area contributed by atoms with Gasteiger partial charge in [-0.3, -0.25) is 4.57 Å². The van der Waals surface area contributed by atoms with E-state index in [-0.39, 0.29) is 0 Å². The summed E-state index contributed by atoms with van der Waals surface area (Å²) < 4.78 is 7.13. The largest absolute Gasteiger partial charge is 0.307 e. The topological polar surface area (TPSA) is 53.5 Å². The molecule has 0 fully saturated rings. The Morgan fingerprint density at radius 1 is 0.345 bits per heavy atom. The molecule has 6 nitrogen and oxygen atoms in total. The van der Waals surface area contributed by atoms with Gasteiger partial charge in [-0.25, -0.2) is 4.98 Å². The maximum atomic E-state index is 5.16. The molecular weight excluding hydrogens is 709 g/mol. The van der Waals surface area contributed by atoms with Gasteiger partial charge in [0.1, 0.15) is 0 Å². The van der Waals surface area contributed by atoms with E-state index in [1.807, 2.05) is 60.7 Å². The molecule has 6 heteroatoms. The van der Waals surface area contributed by atoms with Crippen LogP contribution >= 0.6 is 0 Å². The zero-order valence-corrected chi connectivity index (χ0v) is 31.6. The van der Waals surface area contributed by atoms with Gasteiger partial charge in [-0.1, -0.05) is 146 Å². The molecule has 0 radical (unpaired) electrons. The predicted octanol–water partition coefficient (Wildman–Crippen LogP) is 12.8. The molecule has 272 valence electrons. The summed E-state index contributed by atoms with van der Waals surface area (Å²) >= 11 is 0. The summed E-state index contributed by atoms with van der Waals surface area (Å²) in [5.41, 5.74) is 12.1. The van der Waals surface area contributed by atoms with Gasteiger partial charge in [0, 0.05) is 54.8 Å². The Labute approximate surface area is 333 Å². The molecule has 4 aromatic heterocycles. The molecular formula is C52H34N6. The van der Waals surface area contributed by atoms with Crippen molar-refractivity contribution in [3.05, 3.63) is 194 Å². The summed E-state index contributed by atoms with van der Waals surface area (Å²) in [5, 5.41) is 7.15. The Hall–Kier alpha value is -7.83. The van der Waals surface area contributed by atoms with Crippen LogP contribution in [0, 0.1) is 6.92 Å². The van der Waals surface area contributed by atoms with Crippen LogP contribution in [0.2, 0.25) is 0 Å². The molecule has 12 aromatic rings. The number of benzene rings is 8. The van der Waals surface area contributed by atoms with Crippen LogP contribution in [0.15, 0.2) is 188 Å². The Morgan fingerprint density at radius 2 is 0.810 bits per heavy atom. The van der Waals surface area contributed by atoms with Crippen LogP contribution in [0.1, 0.15) is 5.56 Å². The van der Waals surface area contributed by atoms with E-state index in [9.17, 15) is 0 Å². The van der Waals surface area contributed by atoms with E-state index < -0.39 is 0 Å². The van der Waals surface area contributed by atoms with Crippen LogP contribution in [0.3, 0.4) is 0 Å². The number of aromatic nitrogens is 6. The minimum Gasteiger partial charge on any atom is -0.307 e. The maximum absolute atomic E-state index is 5.16. The quantitative estimate of drug-likeness (QED) is 0.176. The number of aryl methyl sites for hydroxylation is 1. The smallest absolute Gasteiger partial charge is 0.238 e. The lowest BCUT2D eigenvalue weighted by Gasteiger charge is -2.14. The minimum absolute atomic E-state index is 0.577. The monoisotopic (exact) mass is 742 g/mol. The zero-order chi connectivity index (χ0) is 38.3. The van der Waals surface area contributed by atoms with Crippen LogP contribution < -0.4 is 0 Å². The van der Waals surface area contributed by atoms with Crippen molar-refractivity contribution in [2.24, 2.45) is 0 Å². The van der Waals surface area contributed by atoms with E-state index in [0.29, 0.717) is 17.6 Å². The molecule has 12 rings (SSSR count). The standard InChI is InChI=1S/C52H34N6/c1-33-16-8-12-24-43(33)57-45-26-14-10-22-38(45)41-30-29-40-37-21-9-13-25-44(37)56(48(40)49(41)57)36-28-31-47-42(32-36)39-23-11-15-27-46(39)58(47)52-54-50(34-17-4-2-5-18-34)53-51(55-52)35-19-6-3-7-20-35/h2-32H,1H3. The highest BCUT2D eigenvalue weighted by Crippen LogP contribution is 2.43. The highest BCUT2D eigenvalue weighted by atomic mass is 15.2. The normalized spacial score (nSPS) is 11.9. The third-order valence-corrected chi connectivity index (χ3v) is 11.6. The fraction of sp³-hybridized carbons (Fsp3) is 0.0192. The van der Waals surface area contributed by atoms with E-state index >= 15 is 0 Å². The van der Waals surface area contributed by atoms with E-state index in [2.05, 4.69) is 148 Å². The van der Waals surface area contributed by atoms with Gasteiger partial charge >= 0.3 is 0 Å². The van der Waals surface area contributed by atoms with Crippen LogP contribution in [0.4, 0.5) is 0 Å². The van der Waals surface area contributed by atoms with Crippen molar-refractivity contribution < 1.29 is 0 Å². The summed E-state index contributed by atoms with van der Waals surface area (Å²) in [7, 11) is 0. The van der Waals surface area contributed by atoms with Crippen molar-refractivity contribution in [3.63, 3.8) is 0 Å². The molecule has 58 heavy (non-hydrogen) atoms. The van der Waals surface area contributed by atoms with Gasteiger partial charge in [0.25, 0.3) is 0 Å². The molecule has 0 saturated heterocycles. The number of fused-ring (bicyclic) bond motifs is 10. The Balaban J connectivity index is 1.17. The Bertz CT molecular complexity index is 3520. The molecule has 0 aliphatic carbocycles. The van der Waals surface area contributed by atoms with Gasteiger partial charge in [0.2, 0.25) is 5.95 Å². The van der Waals surface area contributed by atoms with Gasteiger partial charge in [0.15, 0.2) is 11.6 Å². The first-order chi connectivity index (χ1) is 28.7. The van der Waals surface area contributed by atoms with Crippen LogP contribution in [-0.2, 0) is 0 Å². The molecule has 0 N–H and O–H groups in total. The van der Waals surface area contributed by atoms with Crippen molar-refractivity contribution in [1.82, 2.24) is 28.7 Å². The lowest BCUT2D eigenvalue weighted by molar-refractivity contribution is 0.953. The molecule has 0 aliphatic heterocycles. The lowest BCUT2D eigenvalue weighted by atomic mass is 10.1.